The molecule has 0 aliphatic heterocycles. The average Bonchev–Trinajstić information content (AvgIpc) is 3.78. The van der Waals surface area contributed by atoms with Crippen molar-refractivity contribution in [2.75, 3.05) is 4.90 Å². The average molecular weight is 670 g/mol. The maximum Gasteiger partial charge on any atom is 0.143 e. The summed E-state index contributed by atoms with van der Waals surface area (Å²) in [4.78, 5) is 2.45. The number of fused-ring (bicyclic) bond motifs is 6. The highest BCUT2D eigenvalue weighted by Crippen LogP contribution is 2.48. The maximum atomic E-state index is 6.44. The van der Waals surface area contributed by atoms with Crippen LogP contribution < -0.4 is 4.90 Å². The van der Waals surface area contributed by atoms with Crippen molar-refractivity contribution in [3.63, 3.8) is 0 Å². The monoisotopic (exact) mass is 669 g/mol. The van der Waals surface area contributed by atoms with Crippen LogP contribution in [0.3, 0.4) is 0 Å². The van der Waals surface area contributed by atoms with Crippen molar-refractivity contribution in [1.29, 1.82) is 0 Å². The van der Waals surface area contributed by atoms with Gasteiger partial charge in [-0.3, -0.25) is 0 Å². The maximum absolute atomic E-state index is 6.44. The van der Waals surface area contributed by atoms with Crippen molar-refractivity contribution in [1.82, 2.24) is 0 Å². The first-order valence-corrected chi connectivity index (χ1v) is 18.1. The van der Waals surface area contributed by atoms with Gasteiger partial charge in [0.15, 0.2) is 0 Å². The Kier molecular flexibility index (Phi) is 7.04. The first-order valence-electron chi connectivity index (χ1n) is 17.3. The minimum atomic E-state index is 0.909. The zero-order valence-electron chi connectivity index (χ0n) is 27.7. The summed E-state index contributed by atoms with van der Waals surface area (Å²) in [6.07, 6.45) is 0. The predicted octanol–water partition coefficient (Wildman–Crippen LogP) is 14.4. The predicted molar refractivity (Wildman–Crippen MR) is 218 cm³/mol. The van der Waals surface area contributed by atoms with Gasteiger partial charge in [-0.2, -0.15) is 0 Å². The third-order valence-corrected chi connectivity index (χ3v) is 11.0. The van der Waals surface area contributed by atoms with Crippen LogP contribution in [0.1, 0.15) is 0 Å². The second-order valence-corrected chi connectivity index (χ2v) is 14.0. The molecular formula is C48H31NOS. The molecule has 8 aromatic carbocycles. The standard InChI is InChI=1S/C48H31NOS/c1-3-13-32(14-4-1)35-27-30-42(41(31-35)33-15-5-2-6-16-33)49(43-21-12-24-46-47(43)40-18-8-10-23-45(40)51-46)36-28-25-34(26-29-36)37-19-11-20-39-38-17-7-9-22-44(38)50-48(37)39/h1-31H. The fourth-order valence-corrected chi connectivity index (χ4v) is 8.63. The van der Waals surface area contributed by atoms with E-state index in [9.17, 15) is 0 Å². The molecule has 0 radical (unpaired) electrons. The molecule has 0 saturated carbocycles. The van der Waals surface area contributed by atoms with Crippen LogP contribution in [0.2, 0.25) is 0 Å². The van der Waals surface area contributed by atoms with Gasteiger partial charge in [0.05, 0.1) is 11.4 Å². The van der Waals surface area contributed by atoms with Gasteiger partial charge in [-0.15, -0.1) is 11.3 Å². The van der Waals surface area contributed by atoms with Gasteiger partial charge in [0.2, 0.25) is 0 Å². The Morgan fingerprint density at radius 1 is 0.392 bits per heavy atom. The molecule has 10 aromatic rings. The molecular weight excluding hydrogens is 639 g/mol. The summed E-state index contributed by atoms with van der Waals surface area (Å²) in [5, 5.41) is 4.81. The van der Waals surface area contributed by atoms with Gasteiger partial charge in [0.1, 0.15) is 11.2 Å². The van der Waals surface area contributed by atoms with Crippen LogP contribution in [0.25, 0.3) is 75.5 Å². The SMILES string of the molecule is c1ccc(-c2ccc(N(c3ccc(-c4cccc5c4oc4ccccc45)cc3)c3cccc4sc5ccccc5c34)c(-c3ccccc3)c2)cc1. The number of hydrogen-bond donors (Lipinski definition) is 0. The number of anilines is 3. The van der Waals surface area contributed by atoms with E-state index in [0.29, 0.717) is 0 Å². The number of nitrogens with zero attached hydrogens (tertiary/aromatic N) is 1. The Bertz CT molecular complexity index is 2850. The first kappa shape index (κ1) is 29.5. The van der Waals surface area contributed by atoms with E-state index in [-0.39, 0.29) is 0 Å². The first-order chi connectivity index (χ1) is 25.3. The number of furan rings is 1. The summed E-state index contributed by atoms with van der Waals surface area (Å²) in [5.41, 5.74) is 12.1. The van der Waals surface area contributed by atoms with Crippen LogP contribution in [0.4, 0.5) is 17.1 Å². The Morgan fingerprint density at radius 2 is 1.02 bits per heavy atom. The Morgan fingerprint density at radius 3 is 1.84 bits per heavy atom. The molecule has 2 heterocycles. The molecule has 0 unspecified atom stereocenters. The van der Waals surface area contributed by atoms with E-state index >= 15 is 0 Å². The number of thiophene rings is 1. The Balaban J connectivity index is 1.20. The minimum absolute atomic E-state index is 0.909. The van der Waals surface area contributed by atoms with E-state index in [0.717, 1.165) is 50.1 Å². The molecule has 0 aliphatic carbocycles. The number of rotatable bonds is 6. The van der Waals surface area contributed by atoms with Crippen molar-refractivity contribution in [2.45, 2.75) is 0 Å². The van der Waals surface area contributed by atoms with Crippen molar-refractivity contribution in [3.05, 3.63) is 188 Å². The normalized spacial score (nSPS) is 11.5. The van der Waals surface area contributed by atoms with E-state index in [2.05, 4.69) is 181 Å². The topological polar surface area (TPSA) is 16.4 Å². The van der Waals surface area contributed by atoms with E-state index in [1.165, 1.54) is 42.4 Å². The van der Waals surface area contributed by atoms with Crippen LogP contribution in [0.5, 0.6) is 0 Å². The molecule has 0 atom stereocenters. The molecule has 3 heteroatoms. The largest absolute Gasteiger partial charge is 0.455 e. The summed E-state index contributed by atoms with van der Waals surface area (Å²) in [5.74, 6) is 0. The molecule has 0 bridgehead atoms. The zero-order chi connectivity index (χ0) is 33.7. The summed E-state index contributed by atoms with van der Waals surface area (Å²) < 4.78 is 9.00. The van der Waals surface area contributed by atoms with Gasteiger partial charge < -0.3 is 9.32 Å². The van der Waals surface area contributed by atoms with E-state index in [1.807, 2.05) is 23.5 Å². The molecule has 0 saturated heterocycles. The van der Waals surface area contributed by atoms with E-state index in [1.54, 1.807) is 0 Å². The van der Waals surface area contributed by atoms with Crippen LogP contribution in [0, 0.1) is 0 Å². The number of hydrogen-bond acceptors (Lipinski definition) is 3. The van der Waals surface area contributed by atoms with Crippen LogP contribution in [0.15, 0.2) is 192 Å². The lowest BCUT2D eigenvalue weighted by atomic mass is 9.95. The molecule has 0 N–H and O–H groups in total. The van der Waals surface area contributed by atoms with Gasteiger partial charge in [0.25, 0.3) is 0 Å². The van der Waals surface area contributed by atoms with Crippen LogP contribution in [-0.4, -0.2) is 0 Å². The second kappa shape index (κ2) is 12.2. The van der Waals surface area contributed by atoms with E-state index in [4.69, 9.17) is 4.42 Å². The number of benzene rings is 8. The molecule has 2 nitrogen and oxygen atoms in total. The quantitative estimate of drug-likeness (QED) is 0.175. The lowest BCUT2D eigenvalue weighted by molar-refractivity contribution is 0.670. The molecule has 0 amide bonds. The molecule has 240 valence electrons. The summed E-state index contributed by atoms with van der Waals surface area (Å²) in [7, 11) is 0. The molecule has 51 heavy (non-hydrogen) atoms. The highest BCUT2D eigenvalue weighted by Gasteiger charge is 2.22. The zero-order valence-corrected chi connectivity index (χ0v) is 28.5. The molecule has 0 spiro atoms. The van der Waals surface area contributed by atoms with Gasteiger partial charge in [-0.25, -0.2) is 0 Å². The fraction of sp³-hybridized carbons (Fsp3) is 0. The van der Waals surface area contributed by atoms with Crippen molar-refractivity contribution in [3.8, 4) is 33.4 Å². The van der Waals surface area contributed by atoms with Gasteiger partial charge in [0, 0.05) is 47.8 Å². The number of para-hydroxylation sites is 2. The highest BCUT2D eigenvalue weighted by atomic mass is 32.1. The summed E-state index contributed by atoms with van der Waals surface area (Å²) >= 11 is 1.85. The Hall–Kier alpha value is -6.42. The molecule has 10 rings (SSSR count). The lowest BCUT2D eigenvalue weighted by Crippen LogP contribution is -2.11. The second-order valence-electron chi connectivity index (χ2n) is 12.9. The fourth-order valence-electron chi connectivity index (χ4n) is 7.50. The minimum Gasteiger partial charge on any atom is -0.455 e. The molecule has 0 fully saturated rings. The van der Waals surface area contributed by atoms with Crippen LogP contribution in [-0.2, 0) is 0 Å². The van der Waals surface area contributed by atoms with Crippen molar-refractivity contribution < 1.29 is 4.42 Å². The molecule has 2 aromatic heterocycles. The Labute approximate surface area is 300 Å². The van der Waals surface area contributed by atoms with E-state index < -0.39 is 0 Å². The molecule has 0 aliphatic rings. The lowest BCUT2D eigenvalue weighted by Gasteiger charge is -2.29. The van der Waals surface area contributed by atoms with Crippen molar-refractivity contribution in [2.24, 2.45) is 0 Å². The van der Waals surface area contributed by atoms with Crippen LogP contribution >= 0.6 is 11.3 Å². The van der Waals surface area contributed by atoms with Gasteiger partial charge >= 0.3 is 0 Å². The van der Waals surface area contributed by atoms with Gasteiger partial charge in [-0.1, -0.05) is 140 Å². The summed E-state index contributed by atoms with van der Waals surface area (Å²) in [6.45, 7) is 0. The highest BCUT2D eigenvalue weighted by molar-refractivity contribution is 7.26. The van der Waals surface area contributed by atoms with Crippen molar-refractivity contribution >= 4 is 70.5 Å². The third-order valence-electron chi connectivity index (χ3n) is 9.89. The summed E-state index contributed by atoms with van der Waals surface area (Å²) in [6, 6.07) is 67.4. The third kappa shape index (κ3) is 5.01. The smallest absolute Gasteiger partial charge is 0.143 e. The van der Waals surface area contributed by atoms with Gasteiger partial charge in [-0.05, 0) is 70.8 Å².